The van der Waals surface area contributed by atoms with Gasteiger partial charge >= 0.3 is 0 Å². The van der Waals surface area contributed by atoms with Gasteiger partial charge < -0.3 is 8.98 Å². The number of aromatic nitrogens is 1. The van der Waals surface area contributed by atoms with E-state index in [1.807, 2.05) is 12.1 Å². The van der Waals surface area contributed by atoms with E-state index in [1.54, 1.807) is 0 Å². The highest BCUT2D eigenvalue weighted by atomic mass is 16.3. The molecule has 2 aromatic heterocycles. The molecule has 0 aliphatic heterocycles. The summed E-state index contributed by atoms with van der Waals surface area (Å²) >= 11 is 0. The van der Waals surface area contributed by atoms with Gasteiger partial charge in [-0.2, -0.15) is 0 Å². The van der Waals surface area contributed by atoms with Crippen LogP contribution in [-0.4, -0.2) is 4.57 Å². The van der Waals surface area contributed by atoms with Crippen LogP contribution in [0.1, 0.15) is 18.9 Å². The molecule has 0 aliphatic carbocycles. The molecule has 0 aliphatic rings. The van der Waals surface area contributed by atoms with E-state index in [-0.39, 0.29) is 0 Å². The Balaban J connectivity index is 1.69. The fourth-order valence-corrected chi connectivity index (χ4v) is 4.67. The van der Waals surface area contributed by atoms with Crippen molar-refractivity contribution >= 4 is 32.6 Å². The van der Waals surface area contributed by atoms with Gasteiger partial charge in [-0.25, -0.2) is 0 Å². The van der Waals surface area contributed by atoms with Crippen LogP contribution >= 0.6 is 0 Å². The molecule has 31 heavy (non-hydrogen) atoms. The normalized spacial score (nSPS) is 11.6. The molecule has 2 nitrogen and oxygen atoms in total. The number of hydrogen-bond acceptors (Lipinski definition) is 1. The number of fused-ring (bicyclic) bond motifs is 4. The molecule has 4 aromatic carbocycles. The smallest absolute Gasteiger partial charge is 0.152 e. The zero-order valence-corrected chi connectivity index (χ0v) is 17.5. The van der Waals surface area contributed by atoms with E-state index in [0.717, 1.165) is 35.3 Å². The summed E-state index contributed by atoms with van der Waals surface area (Å²) in [7, 11) is 0. The second-order valence-electron chi connectivity index (χ2n) is 8.15. The molecule has 0 saturated carbocycles. The molecule has 6 rings (SSSR count). The van der Waals surface area contributed by atoms with Gasteiger partial charge in [0.25, 0.3) is 0 Å². The quantitative estimate of drug-likeness (QED) is 0.291. The van der Waals surface area contributed by atoms with Gasteiger partial charge in [0.05, 0.1) is 11.2 Å². The average Bonchev–Trinajstić information content (AvgIpc) is 3.41. The third kappa shape index (κ3) is 2.95. The summed E-state index contributed by atoms with van der Waals surface area (Å²) in [5.74, 6) is 0.891. The zero-order valence-electron chi connectivity index (χ0n) is 17.5. The van der Waals surface area contributed by atoms with Crippen LogP contribution in [0, 0.1) is 0 Å². The molecule has 0 atom stereocenters. The number of nitrogens with zero attached hydrogens (tertiary/aromatic N) is 1. The van der Waals surface area contributed by atoms with Crippen LogP contribution in [0.3, 0.4) is 0 Å². The van der Waals surface area contributed by atoms with Crippen LogP contribution in [-0.2, 0) is 6.42 Å². The molecule has 150 valence electrons. The predicted molar refractivity (Wildman–Crippen MR) is 130 cm³/mol. The maximum Gasteiger partial charge on any atom is 0.152 e. The fourth-order valence-electron chi connectivity index (χ4n) is 4.67. The van der Waals surface area contributed by atoms with Gasteiger partial charge in [-0.05, 0) is 59.2 Å². The summed E-state index contributed by atoms with van der Waals surface area (Å²) in [6, 6.07) is 34.6. The summed E-state index contributed by atoms with van der Waals surface area (Å²) in [6.07, 6.45) is 2.22. The van der Waals surface area contributed by atoms with Gasteiger partial charge in [0.15, 0.2) is 5.76 Å². The van der Waals surface area contributed by atoms with Crippen LogP contribution in [0.25, 0.3) is 49.8 Å². The predicted octanol–water partition coefficient (Wildman–Crippen LogP) is 8.15. The van der Waals surface area contributed by atoms with Crippen molar-refractivity contribution in [3.63, 3.8) is 0 Å². The number of benzene rings is 4. The summed E-state index contributed by atoms with van der Waals surface area (Å²) in [6.45, 7) is 2.23. The van der Waals surface area contributed by atoms with E-state index in [0.29, 0.717) is 0 Å². The minimum Gasteiger partial charge on any atom is -0.455 e. The summed E-state index contributed by atoms with van der Waals surface area (Å²) in [5.41, 5.74) is 5.72. The first-order chi connectivity index (χ1) is 15.3. The number of para-hydroxylation sites is 1. The molecule has 0 bridgehead atoms. The third-order valence-corrected chi connectivity index (χ3v) is 6.10. The van der Waals surface area contributed by atoms with Crippen LogP contribution in [0.2, 0.25) is 0 Å². The number of rotatable bonds is 4. The average molecular weight is 402 g/mol. The van der Waals surface area contributed by atoms with Gasteiger partial charge in [0.1, 0.15) is 5.58 Å². The zero-order chi connectivity index (χ0) is 20.8. The van der Waals surface area contributed by atoms with Crippen molar-refractivity contribution in [3.8, 4) is 17.1 Å². The molecular formula is C29H23NO. The lowest BCUT2D eigenvalue weighted by Gasteiger charge is -2.12. The lowest BCUT2D eigenvalue weighted by molar-refractivity contribution is 0.627. The first-order valence-electron chi connectivity index (χ1n) is 10.9. The second-order valence-corrected chi connectivity index (χ2v) is 8.15. The summed E-state index contributed by atoms with van der Waals surface area (Å²) in [5, 5.41) is 4.89. The molecule has 2 heteroatoms. The summed E-state index contributed by atoms with van der Waals surface area (Å²) in [4.78, 5) is 0. The van der Waals surface area contributed by atoms with E-state index in [4.69, 9.17) is 4.42 Å². The van der Waals surface area contributed by atoms with E-state index < -0.39 is 0 Å². The molecule has 0 unspecified atom stereocenters. The van der Waals surface area contributed by atoms with Crippen molar-refractivity contribution in [3.05, 3.63) is 103 Å². The van der Waals surface area contributed by atoms with Crippen LogP contribution in [0.15, 0.2) is 101 Å². The van der Waals surface area contributed by atoms with Crippen molar-refractivity contribution in [1.29, 1.82) is 0 Å². The molecule has 0 N–H and O–H groups in total. The Morgan fingerprint density at radius 1 is 0.710 bits per heavy atom. The molecule has 0 spiro atoms. The molecule has 0 fully saturated rings. The maximum atomic E-state index is 6.31. The Kier molecular flexibility index (Phi) is 4.17. The van der Waals surface area contributed by atoms with E-state index >= 15 is 0 Å². The minimum absolute atomic E-state index is 0.891. The highest BCUT2D eigenvalue weighted by molar-refractivity contribution is 6.09. The van der Waals surface area contributed by atoms with Crippen molar-refractivity contribution in [2.45, 2.75) is 19.8 Å². The van der Waals surface area contributed by atoms with E-state index in [2.05, 4.69) is 96.4 Å². The third-order valence-electron chi connectivity index (χ3n) is 6.10. The lowest BCUT2D eigenvalue weighted by Crippen LogP contribution is -1.97. The molecule has 0 amide bonds. The van der Waals surface area contributed by atoms with Crippen molar-refractivity contribution in [2.75, 3.05) is 0 Å². The Morgan fingerprint density at radius 2 is 1.55 bits per heavy atom. The standard InChI is InChI=1S/C29H23NO/c1-2-8-20-9-7-12-23(17-20)30-26-16-15-21-10-3-5-13-24(21)25(26)19-27(30)29-18-22-11-4-6-14-28(22)31-29/h3-7,9-19H,2,8H2,1H3. The Labute approximate surface area is 181 Å². The summed E-state index contributed by atoms with van der Waals surface area (Å²) < 4.78 is 8.66. The topological polar surface area (TPSA) is 18.1 Å². The monoisotopic (exact) mass is 401 g/mol. The first kappa shape index (κ1) is 18.0. The Bertz CT molecular complexity index is 1520. The SMILES string of the molecule is CCCc1cccc(-n2c(-c3cc4ccccc4o3)cc3c4ccccc4ccc32)c1. The Morgan fingerprint density at radius 3 is 2.42 bits per heavy atom. The van der Waals surface area contributed by atoms with Crippen molar-refractivity contribution in [1.82, 2.24) is 4.57 Å². The molecule has 6 aromatic rings. The highest BCUT2D eigenvalue weighted by Gasteiger charge is 2.17. The van der Waals surface area contributed by atoms with Crippen molar-refractivity contribution < 1.29 is 4.42 Å². The number of aryl methyl sites for hydroxylation is 1. The van der Waals surface area contributed by atoms with E-state index in [9.17, 15) is 0 Å². The minimum atomic E-state index is 0.891. The Hall–Kier alpha value is -3.78. The van der Waals surface area contributed by atoms with E-state index in [1.165, 1.54) is 32.9 Å². The maximum absolute atomic E-state index is 6.31. The second kappa shape index (κ2) is 7.17. The van der Waals surface area contributed by atoms with Gasteiger partial charge in [-0.15, -0.1) is 0 Å². The van der Waals surface area contributed by atoms with Crippen molar-refractivity contribution in [2.24, 2.45) is 0 Å². The molecule has 0 radical (unpaired) electrons. The molecular weight excluding hydrogens is 378 g/mol. The largest absolute Gasteiger partial charge is 0.455 e. The highest BCUT2D eigenvalue weighted by Crippen LogP contribution is 2.37. The van der Waals surface area contributed by atoms with Crippen LogP contribution in [0.4, 0.5) is 0 Å². The lowest BCUT2D eigenvalue weighted by atomic mass is 10.1. The number of hydrogen-bond donors (Lipinski definition) is 0. The fraction of sp³-hybridized carbons (Fsp3) is 0.103. The van der Waals surface area contributed by atoms with Crippen LogP contribution in [0.5, 0.6) is 0 Å². The van der Waals surface area contributed by atoms with Gasteiger partial charge in [-0.3, -0.25) is 0 Å². The number of furan rings is 1. The first-order valence-corrected chi connectivity index (χ1v) is 10.9. The van der Waals surface area contributed by atoms with Gasteiger partial charge in [0.2, 0.25) is 0 Å². The molecule has 0 saturated heterocycles. The molecule has 2 heterocycles. The van der Waals surface area contributed by atoms with Gasteiger partial charge in [0, 0.05) is 16.5 Å². The van der Waals surface area contributed by atoms with Crippen LogP contribution < -0.4 is 0 Å². The van der Waals surface area contributed by atoms with Gasteiger partial charge in [-0.1, -0.05) is 74.0 Å².